The van der Waals surface area contributed by atoms with Crippen molar-refractivity contribution in [2.75, 3.05) is 17.7 Å². The van der Waals surface area contributed by atoms with E-state index in [1.807, 2.05) is 43.5 Å². The number of aromatic nitrogens is 2. The van der Waals surface area contributed by atoms with Crippen LogP contribution in [-0.4, -0.2) is 47.4 Å². The zero-order valence-corrected chi connectivity index (χ0v) is 23.2. The molecule has 1 atom stereocenters. The zero-order chi connectivity index (χ0) is 26.0. The van der Waals surface area contributed by atoms with Crippen molar-refractivity contribution in [1.29, 1.82) is 0 Å². The average Bonchev–Trinajstić information content (AvgIpc) is 3.36. The second kappa shape index (κ2) is 10.9. The topological polar surface area (TPSA) is 83.5 Å². The van der Waals surface area contributed by atoms with Gasteiger partial charge in [-0.3, -0.25) is 14.7 Å². The Kier molecular flexibility index (Phi) is 7.62. The number of sulfonamides is 1. The summed E-state index contributed by atoms with van der Waals surface area (Å²) in [6.07, 6.45) is 8.20. The molecule has 1 unspecified atom stereocenters. The molecule has 10 heteroatoms. The van der Waals surface area contributed by atoms with Crippen LogP contribution in [0.4, 0.5) is 5.13 Å². The van der Waals surface area contributed by atoms with E-state index in [-0.39, 0.29) is 16.8 Å². The molecule has 2 aromatic heterocycles. The van der Waals surface area contributed by atoms with Gasteiger partial charge in [-0.1, -0.05) is 29.9 Å². The minimum Gasteiger partial charge on any atom is -0.279 e. The minimum absolute atomic E-state index is 0.0276. The van der Waals surface area contributed by atoms with Crippen LogP contribution in [0.2, 0.25) is 0 Å². The van der Waals surface area contributed by atoms with Crippen molar-refractivity contribution in [3.05, 3.63) is 78.1 Å². The fourth-order valence-electron chi connectivity index (χ4n) is 4.58. The fourth-order valence-corrected chi connectivity index (χ4v) is 7.90. The van der Waals surface area contributed by atoms with E-state index in [4.69, 9.17) is 4.98 Å². The first kappa shape index (κ1) is 25.8. The molecular weight excluding hydrogens is 525 g/mol. The van der Waals surface area contributed by atoms with E-state index in [1.165, 1.54) is 23.5 Å². The quantitative estimate of drug-likeness (QED) is 0.269. The molecule has 7 nitrogen and oxygen atoms in total. The second-order valence-electron chi connectivity index (χ2n) is 9.04. The molecule has 192 valence electrons. The number of nitrogens with zero attached hydrogens (tertiary/aromatic N) is 4. The predicted octanol–water partition coefficient (Wildman–Crippen LogP) is 5.82. The van der Waals surface area contributed by atoms with Gasteiger partial charge in [-0.05, 0) is 74.0 Å². The van der Waals surface area contributed by atoms with Crippen molar-refractivity contribution < 1.29 is 13.2 Å². The van der Waals surface area contributed by atoms with Gasteiger partial charge in [0.25, 0.3) is 5.91 Å². The smallest absolute Gasteiger partial charge is 0.260 e. The van der Waals surface area contributed by atoms with E-state index in [9.17, 15) is 13.2 Å². The molecule has 0 radical (unpaired) electrons. The van der Waals surface area contributed by atoms with Crippen molar-refractivity contribution in [2.45, 2.75) is 48.6 Å². The van der Waals surface area contributed by atoms with Gasteiger partial charge in [-0.15, -0.1) is 11.8 Å². The highest BCUT2D eigenvalue weighted by molar-refractivity contribution is 7.98. The number of amides is 1. The highest BCUT2D eigenvalue weighted by atomic mass is 32.2. The Morgan fingerprint density at radius 2 is 1.95 bits per heavy atom. The van der Waals surface area contributed by atoms with Crippen LogP contribution in [0.1, 0.15) is 42.1 Å². The van der Waals surface area contributed by atoms with E-state index in [2.05, 4.69) is 4.98 Å². The van der Waals surface area contributed by atoms with Gasteiger partial charge >= 0.3 is 0 Å². The first-order valence-electron chi connectivity index (χ1n) is 12.1. The third-order valence-corrected chi connectivity index (χ3v) is 10.4. The minimum atomic E-state index is -3.61. The van der Waals surface area contributed by atoms with Crippen LogP contribution in [-0.2, 0) is 16.6 Å². The summed E-state index contributed by atoms with van der Waals surface area (Å²) in [5.74, 6) is -0.246. The van der Waals surface area contributed by atoms with Crippen LogP contribution in [0.3, 0.4) is 0 Å². The molecule has 37 heavy (non-hydrogen) atoms. The number of rotatable bonds is 7. The maximum absolute atomic E-state index is 13.8. The lowest BCUT2D eigenvalue weighted by molar-refractivity contribution is 0.0985. The molecule has 0 N–H and O–H groups in total. The number of anilines is 1. The monoisotopic (exact) mass is 552 g/mol. The van der Waals surface area contributed by atoms with E-state index in [0.717, 1.165) is 39.9 Å². The first-order valence-corrected chi connectivity index (χ1v) is 15.6. The Morgan fingerprint density at radius 3 is 2.65 bits per heavy atom. The van der Waals surface area contributed by atoms with Gasteiger partial charge < -0.3 is 0 Å². The number of fused-ring (bicyclic) bond motifs is 1. The van der Waals surface area contributed by atoms with Gasteiger partial charge in [0.05, 0.1) is 21.7 Å². The highest BCUT2D eigenvalue weighted by Crippen LogP contribution is 2.35. The molecule has 1 saturated heterocycles. The molecular formula is C27H28N4O3S3. The average molecular weight is 553 g/mol. The first-order chi connectivity index (χ1) is 17.9. The molecule has 0 aliphatic carbocycles. The predicted molar refractivity (Wildman–Crippen MR) is 150 cm³/mol. The molecule has 1 amide bonds. The number of para-hydroxylation sites is 1. The molecule has 0 saturated carbocycles. The van der Waals surface area contributed by atoms with E-state index >= 15 is 0 Å². The maximum Gasteiger partial charge on any atom is 0.260 e. The Hall–Kier alpha value is -2.79. The molecule has 1 aliphatic rings. The fraction of sp³-hybridized carbons (Fsp3) is 0.296. The van der Waals surface area contributed by atoms with E-state index < -0.39 is 10.0 Å². The van der Waals surface area contributed by atoms with Gasteiger partial charge in [0, 0.05) is 35.4 Å². The molecule has 1 aliphatic heterocycles. The van der Waals surface area contributed by atoms with Gasteiger partial charge in [0.2, 0.25) is 10.0 Å². The molecule has 4 aromatic rings. The van der Waals surface area contributed by atoms with Crippen LogP contribution >= 0.6 is 23.1 Å². The number of carbonyl (C=O) groups excluding carboxylic acids is 1. The Labute approximate surface area is 225 Å². The maximum atomic E-state index is 13.8. The molecule has 0 bridgehead atoms. The summed E-state index contributed by atoms with van der Waals surface area (Å²) >= 11 is 3.08. The van der Waals surface area contributed by atoms with Crippen LogP contribution in [0.15, 0.2) is 76.8 Å². The van der Waals surface area contributed by atoms with E-state index in [1.54, 1.807) is 45.5 Å². The summed E-state index contributed by atoms with van der Waals surface area (Å²) in [6, 6.07) is 16.0. The summed E-state index contributed by atoms with van der Waals surface area (Å²) in [5, 5.41) is 0.587. The van der Waals surface area contributed by atoms with Crippen LogP contribution in [0.5, 0.6) is 0 Å². The summed E-state index contributed by atoms with van der Waals surface area (Å²) in [4.78, 5) is 25.7. The normalized spacial score (nSPS) is 16.6. The van der Waals surface area contributed by atoms with Gasteiger partial charge in [0.1, 0.15) is 0 Å². The van der Waals surface area contributed by atoms with E-state index in [0.29, 0.717) is 23.8 Å². The molecule has 0 spiro atoms. The van der Waals surface area contributed by atoms with Gasteiger partial charge in [0.15, 0.2) is 5.13 Å². The lowest BCUT2D eigenvalue weighted by Gasteiger charge is -2.32. The highest BCUT2D eigenvalue weighted by Gasteiger charge is 2.31. The third kappa shape index (κ3) is 5.29. The van der Waals surface area contributed by atoms with Crippen molar-refractivity contribution in [2.24, 2.45) is 0 Å². The van der Waals surface area contributed by atoms with Crippen LogP contribution < -0.4 is 4.90 Å². The van der Waals surface area contributed by atoms with Gasteiger partial charge in [-0.25, -0.2) is 13.4 Å². The number of thioether (sulfide) groups is 1. The van der Waals surface area contributed by atoms with Crippen molar-refractivity contribution >= 4 is 54.4 Å². The summed E-state index contributed by atoms with van der Waals surface area (Å²) in [5.41, 5.74) is 2.15. The lowest BCUT2D eigenvalue weighted by atomic mass is 10.1. The standard InChI is InChI=1S/C27H28N4O3S3/c1-19-7-3-4-16-31(19)37(33,34)22-13-11-21(12-14-22)26(32)30(18-20-8-6-15-28-17-20)27-29-25-23(35-2)9-5-10-24(25)36-27/h5-6,8-15,17,19H,3-4,7,16,18H2,1-2H3. The van der Waals surface area contributed by atoms with Crippen molar-refractivity contribution in [3.8, 4) is 0 Å². The summed E-state index contributed by atoms with van der Waals surface area (Å²) < 4.78 is 29.1. The lowest BCUT2D eigenvalue weighted by Crippen LogP contribution is -2.41. The number of piperidine rings is 1. The molecule has 5 rings (SSSR count). The number of hydrogen-bond acceptors (Lipinski definition) is 7. The van der Waals surface area contributed by atoms with Crippen LogP contribution in [0.25, 0.3) is 10.2 Å². The second-order valence-corrected chi connectivity index (χ2v) is 12.8. The number of carbonyl (C=O) groups is 1. The molecule has 1 fully saturated rings. The molecule has 2 aromatic carbocycles. The third-order valence-electron chi connectivity index (χ3n) is 6.58. The van der Waals surface area contributed by atoms with Crippen LogP contribution in [0, 0.1) is 0 Å². The number of benzene rings is 2. The zero-order valence-electron chi connectivity index (χ0n) is 20.7. The largest absolute Gasteiger partial charge is 0.279 e. The van der Waals surface area contributed by atoms with Gasteiger partial charge in [-0.2, -0.15) is 4.31 Å². The van der Waals surface area contributed by atoms with Crippen molar-refractivity contribution in [3.63, 3.8) is 0 Å². The number of hydrogen-bond donors (Lipinski definition) is 0. The van der Waals surface area contributed by atoms with Crippen molar-refractivity contribution in [1.82, 2.24) is 14.3 Å². The SMILES string of the molecule is CSc1cccc2sc(N(Cc3cccnc3)C(=O)c3ccc(S(=O)(=O)N4CCCCC4C)cc3)nc12. The summed E-state index contributed by atoms with van der Waals surface area (Å²) in [6.45, 7) is 2.77. The number of pyridine rings is 1. The number of thiazole rings is 1. The summed E-state index contributed by atoms with van der Waals surface area (Å²) in [7, 11) is -3.61. The molecule has 3 heterocycles. The Morgan fingerprint density at radius 1 is 1.14 bits per heavy atom. The Bertz CT molecular complexity index is 1510. The Balaban J connectivity index is 1.48.